The third-order valence-electron chi connectivity index (χ3n) is 3.03. The van der Waals surface area contributed by atoms with Gasteiger partial charge in [0.25, 0.3) is 0 Å². The average molecular weight is 295 g/mol. The lowest BCUT2D eigenvalue weighted by atomic mass is 10.1. The van der Waals surface area contributed by atoms with Crippen molar-refractivity contribution in [2.24, 2.45) is 0 Å². The number of rotatable bonds is 4. The molecule has 0 bridgehead atoms. The van der Waals surface area contributed by atoms with Crippen LogP contribution in [0.15, 0.2) is 24.3 Å². The van der Waals surface area contributed by atoms with Gasteiger partial charge in [-0.2, -0.15) is 15.6 Å². The van der Waals surface area contributed by atoms with E-state index in [4.69, 9.17) is 10.8 Å². The van der Waals surface area contributed by atoms with Crippen molar-refractivity contribution in [3.8, 4) is 17.9 Å². The van der Waals surface area contributed by atoms with E-state index >= 15 is 0 Å². The molecule has 0 atom stereocenters. The van der Waals surface area contributed by atoms with E-state index in [0.717, 1.165) is 0 Å². The van der Waals surface area contributed by atoms with Crippen LogP contribution in [-0.4, -0.2) is 26.6 Å². The molecule has 0 fully saturated rings. The molecule has 0 aliphatic carbocycles. The predicted molar refractivity (Wildman–Crippen MR) is 80.0 cm³/mol. The van der Waals surface area contributed by atoms with Crippen molar-refractivity contribution >= 4 is 17.5 Å². The minimum absolute atomic E-state index is 0.0107. The Labute approximate surface area is 126 Å². The summed E-state index contributed by atoms with van der Waals surface area (Å²) in [6.07, 6.45) is 1.43. The van der Waals surface area contributed by atoms with Gasteiger partial charge in [0, 0.05) is 5.56 Å². The molecule has 22 heavy (non-hydrogen) atoms. The predicted octanol–water partition coefficient (Wildman–Crippen LogP) is 1.10. The molecule has 0 spiro atoms. The summed E-state index contributed by atoms with van der Waals surface area (Å²) in [4.78, 5) is 0. The summed E-state index contributed by atoms with van der Waals surface area (Å²) >= 11 is 0. The third kappa shape index (κ3) is 2.75. The zero-order valence-corrected chi connectivity index (χ0v) is 11.6. The summed E-state index contributed by atoms with van der Waals surface area (Å²) in [5.74, 6) is 0.0986. The van der Waals surface area contributed by atoms with E-state index in [9.17, 15) is 15.6 Å². The first-order valence-corrected chi connectivity index (χ1v) is 6.39. The van der Waals surface area contributed by atoms with Gasteiger partial charge in [0.15, 0.2) is 0 Å². The highest BCUT2D eigenvalue weighted by atomic mass is 16.3. The maximum atomic E-state index is 9.77. The fourth-order valence-corrected chi connectivity index (χ4v) is 1.96. The van der Waals surface area contributed by atoms with E-state index in [1.165, 1.54) is 16.8 Å². The van der Waals surface area contributed by atoms with Gasteiger partial charge in [-0.3, -0.25) is 0 Å². The Bertz CT molecular complexity index is 808. The number of phenolic OH excluding ortho intramolecular Hbond substituents is 1. The Morgan fingerprint density at radius 3 is 2.68 bits per heavy atom. The van der Waals surface area contributed by atoms with Crippen LogP contribution in [0.3, 0.4) is 0 Å². The van der Waals surface area contributed by atoms with Crippen LogP contribution in [0, 0.1) is 22.7 Å². The molecule has 0 radical (unpaired) electrons. The number of nitrogens with zero attached hydrogens (tertiary/aromatic N) is 4. The normalized spacial score (nSPS) is 11.0. The zero-order valence-electron chi connectivity index (χ0n) is 11.6. The lowest BCUT2D eigenvalue weighted by Crippen LogP contribution is -2.07. The topological polar surface area (TPSA) is 132 Å². The molecule has 1 aromatic carbocycles. The van der Waals surface area contributed by atoms with Crippen LogP contribution in [0.4, 0.5) is 5.82 Å². The second-order valence-electron chi connectivity index (χ2n) is 4.40. The minimum Gasteiger partial charge on any atom is -0.507 e. The lowest BCUT2D eigenvalue weighted by molar-refractivity contribution is 0.270. The second-order valence-corrected chi connectivity index (χ2v) is 4.40. The molecule has 4 N–H and O–H groups in total. The number of allylic oxidation sites excluding steroid dienone is 1. The number of nitrogen functional groups attached to an aromatic ring is 1. The largest absolute Gasteiger partial charge is 0.507 e. The number of para-hydroxylation sites is 1. The number of aliphatic hydroxyl groups is 1. The summed E-state index contributed by atoms with van der Waals surface area (Å²) in [5, 5.41) is 41.4. The summed E-state index contributed by atoms with van der Waals surface area (Å²) in [6, 6.07) is 10.4. The van der Waals surface area contributed by atoms with Crippen molar-refractivity contribution in [1.82, 2.24) is 9.78 Å². The van der Waals surface area contributed by atoms with E-state index < -0.39 is 0 Å². The zero-order chi connectivity index (χ0) is 16.1. The first-order valence-electron chi connectivity index (χ1n) is 6.39. The van der Waals surface area contributed by atoms with Crippen LogP contribution in [0.1, 0.15) is 16.8 Å². The number of nitriles is 2. The maximum absolute atomic E-state index is 9.77. The van der Waals surface area contributed by atoms with Crippen molar-refractivity contribution in [2.75, 3.05) is 12.3 Å². The van der Waals surface area contributed by atoms with Crippen molar-refractivity contribution < 1.29 is 10.2 Å². The fraction of sp³-hybridized carbons (Fsp3) is 0.133. The quantitative estimate of drug-likeness (QED) is 0.723. The van der Waals surface area contributed by atoms with Crippen molar-refractivity contribution in [3.63, 3.8) is 0 Å². The van der Waals surface area contributed by atoms with Gasteiger partial charge in [-0.1, -0.05) is 18.2 Å². The molecular weight excluding hydrogens is 282 g/mol. The molecular formula is C15H13N5O2. The van der Waals surface area contributed by atoms with Crippen LogP contribution in [-0.2, 0) is 6.54 Å². The molecule has 7 heteroatoms. The number of phenols is 1. The maximum Gasteiger partial charge on any atom is 0.140 e. The summed E-state index contributed by atoms with van der Waals surface area (Å²) in [7, 11) is 0. The Hall–Kier alpha value is -3.29. The smallest absolute Gasteiger partial charge is 0.140 e. The van der Waals surface area contributed by atoms with E-state index in [-0.39, 0.29) is 41.5 Å². The molecule has 1 aromatic heterocycles. The van der Waals surface area contributed by atoms with Gasteiger partial charge < -0.3 is 15.9 Å². The lowest BCUT2D eigenvalue weighted by Gasteiger charge is -1.99. The number of hydrogen-bond donors (Lipinski definition) is 3. The molecule has 1 heterocycles. The Kier molecular flexibility index (Phi) is 4.42. The monoisotopic (exact) mass is 295 g/mol. The second kappa shape index (κ2) is 6.44. The molecule has 0 aliphatic heterocycles. The van der Waals surface area contributed by atoms with E-state index in [1.807, 2.05) is 12.1 Å². The number of aliphatic hydroxyl groups excluding tert-OH is 1. The fourth-order valence-electron chi connectivity index (χ4n) is 1.96. The van der Waals surface area contributed by atoms with Crippen LogP contribution < -0.4 is 5.73 Å². The number of aromatic hydroxyl groups is 1. The van der Waals surface area contributed by atoms with Crippen molar-refractivity contribution in [1.29, 1.82) is 10.5 Å². The van der Waals surface area contributed by atoms with E-state index in [0.29, 0.717) is 5.56 Å². The van der Waals surface area contributed by atoms with Gasteiger partial charge in [0.05, 0.1) is 18.7 Å². The molecule has 110 valence electrons. The third-order valence-corrected chi connectivity index (χ3v) is 3.03. The number of hydrogen-bond acceptors (Lipinski definition) is 6. The first-order chi connectivity index (χ1) is 10.6. The Morgan fingerprint density at radius 1 is 1.36 bits per heavy atom. The van der Waals surface area contributed by atoms with Crippen molar-refractivity contribution in [2.45, 2.75) is 6.54 Å². The van der Waals surface area contributed by atoms with Gasteiger partial charge in [-0.05, 0) is 12.1 Å². The molecule has 2 rings (SSSR count). The van der Waals surface area contributed by atoms with Gasteiger partial charge in [-0.15, -0.1) is 0 Å². The van der Waals surface area contributed by atoms with Gasteiger partial charge in [0.2, 0.25) is 0 Å². The van der Waals surface area contributed by atoms with Crippen LogP contribution in [0.25, 0.3) is 11.6 Å². The van der Waals surface area contributed by atoms with Gasteiger partial charge >= 0.3 is 0 Å². The molecule has 0 unspecified atom stereocenters. The Balaban J connectivity index is 2.58. The number of aromatic nitrogens is 2. The molecule has 7 nitrogen and oxygen atoms in total. The van der Waals surface area contributed by atoms with Crippen LogP contribution >= 0.6 is 0 Å². The van der Waals surface area contributed by atoms with Crippen LogP contribution in [0.5, 0.6) is 5.75 Å². The highest BCUT2D eigenvalue weighted by molar-refractivity contribution is 5.92. The van der Waals surface area contributed by atoms with Crippen LogP contribution in [0.2, 0.25) is 0 Å². The standard InChI is InChI=1S/C15H13N5O2/c16-8-11(7-10-3-1-2-4-13(10)22)14-12(9-17)15(18)20(19-14)5-6-21/h1-4,7,21-22H,5-6,18H2/b11-7+. The SMILES string of the molecule is N#C/C(=C\c1ccccc1O)c1nn(CCO)c(N)c1C#N. The minimum atomic E-state index is -0.193. The van der Waals surface area contributed by atoms with Gasteiger partial charge in [0.1, 0.15) is 35.0 Å². The molecule has 0 saturated heterocycles. The van der Waals surface area contributed by atoms with E-state index in [1.54, 1.807) is 18.2 Å². The highest BCUT2D eigenvalue weighted by Crippen LogP contribution is 2.27. The van der Waals surface area contributed by atoms with E-state index in [2.05, 4.69) is 5.10 Å². The summed E-state index contributed by atoms with van der Waals surface area (Å²) in [5.41, 5.74) is 6.52. The number of nitrogens with two attached hydrogens (primary N) is 1. The van der Waals surface area contributed by atoms with Gasteiger partial charge in [-0.25, -0.2) is 4.68 Å². The molecule has 0 aliphatic rings. The Morgan fingerprint density at radius 2 is 2.09 bits per heavy atom. The average Bonchev–Trinajstić information content (AvgIpc) is 2.83. The summed E-state index contributed by atoms with van der Waals surface area (Å²) < 4.78 is 1.27. The highest BCUT2D eigenvalue weighted by Gasteiger charge is 2.19. The van der Waals surface area contributed by atoms with Crippen molar-refractivity contribution in [3.05, 3.63) is 41.1 Å². The molecule has 0 amide bonds. The first kappa shape index (κ1) is 15.1. The summed E-state index contributed by atoms with van der Waals surface area (Å²) in [6.45, 7) is -0.0723. The molecule has 0 saturated carbocycles. The number of anilines is 1. The number of benzene rings is 1. The molecule has 2 aromatic rings.